The van der Waals surface area contributed by atoms with Gasteiger partial charge in [0.15, 0.2) is 0 Å². The van der Waals surface area contributed by atoms with E-state index in [0.29, 0.717) is 12.1 Å². The van der Waals surface area contributed by atoms with Gasteiger partial charge in [0, 0.05) is 49.3 Å². The zero-order chi connectivity index (χ0) is 14.7. The summed E-state index contributed by atoms with van der Waals surface area (Å²) < 4.78 is 1.16. The molecule has 0 radical (unpaired) electrons. The summed E-state index contributed by atoms with van der Waals surface area (Å²) in [6.07, 6.45) is 2.33. The van der Waals surface area contributed by atoms with Gasteiger partial charge in [0.05, 0.1) is 0 Å². The van der Waals surface area contributed by atoms with E-state index in [9.17, 15) is 0 Å². The molecule has 116 valence electrons. The average molecular weight is 352 g/mol. The molecule has 0 spiro atoms. The van der Waals surface area contributed by atoms with Crippen molar-refractivity contribution in [1.82, 2.24) is 15.1 Å². The Morgan fingerprint density at radius 2 is 1.90 bits per heavy atom. The van der Waals surface area contributed by atoms with E-state index in [2.05, 4.69) is 62.2 Å². The van der Waals surface area contributed by atoms with Crippen LogP contribution in [0, 0.1) is 0 Å². The quantitative estimate of drug-likeness (QED) is 0.848. The van der Waals surface area contributed by atoms with Crippen molar-refractivity contribution in [3.8, 4) is 0 Å². The summed E-state index contributed by atoms with van der Waals surface area (Å²) in [6.45, 7) is 9.61. The summed E-state index contributed by atoms with van der Waals surface area (Å²) in [5.74, 6) is 0. The van der Waals surface area contributed by atoms with Crippen LogP contribution < -0.4 is 5.32 Å². The molecule has 1 aromatic rings. The molecule has 1 aromatic carbocycles. The van der Waals surface area contributed by atoms with E-state index < -0.39 is 0 Å². The number of hydrogen-bond donors (Lipinski definition) is 1. The minimum absolute atomic E-state index is 0.564. The SMILES string of the molecule is CCCNC(Cc1ccc(Br)cc1)C1CN2CCN1CC2. The Hall–Kier alpha value is -0.420. The fourth-order valence-corrected chi connectivity index (χ4v) is 3.85. The van der Waals surface area contributed by atoms with E-state index in [1.807, 2.05) is 0 Å². The molecule has 3 heterocycles. The summed E-state index contributed by atoms with van der Waals surface area (Å²) in [5, 5.41) is 3.81. The van der Waals surface area contributed by atoms with Gasteiger partial charge in [0.2, 0.25) is 0 Å². The lowest BCUT2D eigenvalue weighted by Gasteiger charge is -2.50. The van der Waals surface area contributed by atoms with Crippen molar-refractivity contribution >= 4 is 15.9 Å². The van der Waals surface area contributed by atoms with Crippen LogP contribution >= 0.6 is 15.9 Å². The van der Waals surface area contributed by atoms with Crippen molar-refractivity contribution in [1.29, 1.82) is 0 Å². The van der Waals surface area contributed by atoms with Crippen LogP contribution in [0.25, 0.3) is 0 Å². The highest BCUT2D eigenvalue weighted by Gasteiger charge is 2.36. The largest absolute Gasteiger partial charge is 0.312 e. The van der Waals surface area contributed by atoms with Gasteiger partial charge in [0.25, 0.3) is 0 Å². The molecule has 3 nitrogen and oxygen atoms in total. The maximum atomic E-state index is 3.81. The molecule has 2 bridgehead atoms. The first-order valence-corrected chi connectivity index (χ1v) is 9.00. The lowest BCUT2D eigenvalue weighted by Crippen LogP contribution is -2.66. The molecule has 3 saturated heterocycles. The Morgan fingerprint density at radius 1 is 1.19 bits per heavy atom. The molecule has 21 heavy (non-hydrogen) atoms. The number of piperazine rings is 3. The molecule has 2 atom stereocenters. The topological polar surface area (TPSA) is 18.5 Å². The molecule has 4 rings (SSSR count). The maximum absolute atomic E-state index is 3.81. The first-order chi connectivity index (χ1) is 10.3. The number of halogens is 1. The smallest absolute Gasteiger partial charge is 0.0380 e. The van der Waals surface area contributed by atoms with E-state index >= 15 is 0 Å². The van der Waals surface area contributed by atoms with Gasteiger partial charge in [-0.3, -0.25) is 9.80 Å². The van der Waals surface area contributed by atoms with Crippen molar-refractivity contribution in [2.24, 2.45) is 0 Å². The molecular weight excluding hydrogens is 326 g/mol. The van der Waals surface area contributed by atoms with E-state index in [0.717, 1.165) is 17.4 Å². The highest BCUT2D eigenvalue weighted by Crippen LogP contribution is 2.21. The molecule has 0 amide bonds. The Kier molecular flexibility index (Phi) is 5.33. The number of nitrogens with zero attached hydrogens (tertiary/aromatic N) is 2. The van der Waals surface area contributed by atoms with Gasteiger partial charge in [0.1, 0.15) is 0 Å². The standard InChI is InChI=1S/C17H26BrN3/c1-2-7-19-16(12-14-3-5-15(18)6-4-14)17-13-20-8-10-21(17)11-9-20/h3-6,16-17,19H,2,7-13H2,1H3. The Bertz CT molecular complexity index is 440. The van der Waals surface area contributed by atoms with Crippen LogP contribution in [0.5, 0.6) is 0 Å². The van der Waals surface area contributed by atoms with Crippen molar-refractivity contribution in [2.45, 2.75) is 31.8 Å². The molecule has 4 heteroatoms. The number of fused-ring (bicyclic) bond motifs is 3. The fourth-order valence-electron chi connectivity index (χ4n) is 3.59. The minimum atomic E-state index is 0.564. The molecule has 0 aromatic heterocycles. The van der Waals surface area contributed by atoms with Crippen LogP contribution in [0.4, 0.5) is 0 Å². The van der Waals surface area contributed by atoms with Crippen LogP contribution in [0.3, 0.4) is 0 Å². The third-order valence-electron chi connectivity index (χ3n) is 4.81. The number of hydrogen-bond acceptors (Lipinski definition) is 3. The molecular formula is C17H26BrN3. The Labute approximate surface area is 136 Å². The van der Waals surface area contributed by atoms with Gasteiger partial charge in [-0.2, -0.15) is 0 Å². The molecule has 0 saturated carbocycles. The highest BCUT2D eigenvalue weighted by molar-refractivity contribution is 9.10. The van der Waals surface area contributed by atoms with Gasteiger partial charge in [-0.05, 0) is 37.1 Å². The summed E-state index contributed by atoms with van der Waals surface area (Å²) in [5.41, 5.74) is 1.43. The lowest BCUT2D eigenvalue weighted by atomic mass is 9.94. The molecule has 3 aliphatic heterocycles. The van der Waals surface area contributed by atoms with Gasteiger partial charge in [-0.25, -0.2) is 0 Å². The second-order valence-electron chi connectivity index (χ2n) is 6.30. The third-order valence-corrected chi connectivity index (χ3v) is 5.34. The fraction of sp³-hybridized carbons (Fsp3) is 0.647. The number of benzene rings is 1. The van der Waals surface area contributed by atoms with Gasteiger partial charge < -0.3 is 5.32 Å². The summed E-state index contributed by atoms with van der Waals surface area (Å²) >= 11 is 3.53. The molecule has 1 N–H and O–H groups in total. The van der Waals surface area contributed by atoms with E-state index in [1.165, 1.54) is 44.7 Å². The first kappa shape index (κ1) is 15.5. The zero-order valence-corrected chi connectivity index (χ0v) is 14.5. The minimum Gasteiger partial charge on any atom is -0.312 e. The van der Waals surface area contributed by atoms with Crippen molar-refractivity contribution in [3.63, 3.8) is 0 Å². The van der Waals surface area contributed by atoms with E-state index in [1.54, 1.807) is 0 Å². The highest BCUT2D eigenvalue weighted by atomic mass is 79.9. The summed E-state index contributed by atoms with van der Waals surface area (Å²) in [6, 6.07) is 10.0. The van der Waals surface area contributed by atoms with Gasteiger partial charge in [-0.1, -0.05) is 35.0 Å². The summed E-state index contributed by atoms with van der Waals surface area (Å²) in [4.78, 5) is 5.33. The van der Waals surface area contributed by atoms with Crippen molar-refractivity contribution < 1.29 is 0 Å². The predicted molar refractivity (Wildman–Crippen MR) is 91.7 cm³/mol. The second kappa shape index (κ2) is 7.23. The average Bonchev–Trinajstić information content (AvgIpc) is 2.54. The van der Waals surface area contributed by atoms with Gasteiger partial charge >= 0.3 is 0 Å². The van der Waals surface area contributed by atoms with Crippen LogP contribution in [-0.4, -0.2) is 61.2 Å². The summed E-state index contributed by atoms with van der Waals surface area (Å²) in [7, 11) is 0. The molecule has 3 fully saturated rings. The second-order valence-corrected chi connectivity index (χ2v) is 7.21. The number of nitrogens with one attached hydrogen (secondary N) is 1. The van der Waals surface area contributed by atoms with E-state index in [4.69, 9.17) is 0 Å². The normalized spacial score (nSPS) is 29.5. The third kappa shape index (κ3) is 3.86. The van der Waals surface area contributed by atoms with E-state index in [-0.39, 0.29) is 0 Å². The Balaban J connectivity index is 1.69. The van der Waals surface area contributed by atoms with Gasteiger partial charge in [-0.15, -0.1) is 0 Å². The van der Waals surface area contributed by atoms with Crippen molar-refractivity contribution in [2.75, 3.05) is 39.3 Å². The maximum Gasteiger partial charge on any atom is 0.0380 e. The van der Waals surface area contributed by atoms with Crippen LogP contribution in [0.15, 0.2) is 28.7 Å². The van der Waals surface area contributed by atoms with Crippen LogP contribution in [-0.2, 0) is 6.42 Å². The predicted octanol–water partition coefficient (Wildman–Crippen LogP) is 2.36. The Morgan fingerprint density at radius 3 is 2.48 bits per heavy atom. The molecule has 2 unspecified atom stereocenters. The monoisotopic (exact) mass is 351 g/mol. The molecule has 3 aliphatic rings. The van der Waals surface area contributed by atoms with Crippen LogP contribution in [0.1, 0.15) is 18.9 Å². The van der Waals surface area contributed by atoms with Crippen LogP contribution in [0.2, 0.25) is 0 Å². The zero-order valence-electron chi connectivity index (χ0n) is 12.9. The lowest BCUT2D eigenvalue weighted by molar-refractivity contribution is -0.00309. The first-order valence-electron chi connectivity index (χ1n) is 8.20. The molecule has 0 aliphatic carbocycles. The number of rotatable bonds is 6. The van der Waals surface area contributed by atoms with Crippen molar-refractivity contribution in [3.05, 3.63) is 34.3 Å².